The Balaban J connectivity index is 1.74. The zero-order chi connectivity index (χ0) is 17.5. The van der Waals surface area contributed by atoms with Gasteiger partial charge in [-0.25, -0.2) is 4.39 Å². The topological polar surface area (TPSA) is 67.4 Å². The maximum absolute atomic E-state index is 12.7. The third kappa shape index (κ3) is 5.72. The van der Waals surface area contributed by atoms with Crippen molar-refractivity contribution in [1.82, 2.24) is 10.9 Å². The molecule has 0 heterocycles. The average Bonchev–Trinajstić information content (AvgIpc) is 2.55. The van der Waals surface area contributed by atoms with Crippen LogP contribution in [-0.4, -0.2) is 18.4 Å². The van der Waals surface area contributed by atoms with E-state index in [1.807, 2.05) is 0 Å². The minimum Gasteiger partial charge on any atom is -0.484 e. The van der Waals surface area contributed by atoms with Crippen LogP contribution in [0.5, 0.6) is 5.75 Å². The van der Waals surface area contributed by atoms with Gasteiger partial charge in [0.1, 0.15) is 11.6 Å². The van der Waals surface area contributed by atoms with Crippen LogP contribution in [0.3, 0.4) is 0 Å². The van der Waals surface area contributed by atoms with Gasteiger partial charge in [-0.15, -0.1) is 0 Å². The quantitative estimate of drug-likeness (QED) is 0.795. The first-order valence-electron chi connectivity index (χ1n) is 6.84. The van der Waals surface area contributed by atoms with Gasteiger partial charge in [-0.05, 0) is 42.0 Å². The van der Waals surface area contributed by atoms with Gasteiger partial charge in [0.05, 0.1) is 6.42 Å². The SMILES string of the molecule is O=C(COc1ccc(F)cc1)NNC(=O)Cc1ccc(Cl)cc1Cl. The van der Waals surface area contributed by atoms with Crippen molar-refractivity contribution in [2.45, 2.75) is 6.42 Å². The maximum atomic E-state index is 12.7. The summed E-state index contributed by atoms with van der Waals surface area (Å²) in [5, 5.41) is 0.832. The maximum Gasteiger partial charge on any atom is 0.276 e. The Morgan fingerprint density at radius 2 is 1.67 bits per heavy atom. The lowest BCUT2D eigenvalue weighted by Crippen LogP contribution is -2.44. The Bertz CT molecular complexity index is 739. The first kappa shape index (κ1) is 18.0. The third-order valence-electron chi connectivity index (χ3n) is 2.89. The summed E-state index contributed by atoms with van der Waals surface area (Å²) in [6.07, 6.45) is -0.0187. The molecule has 2 aromatic carbocycles. The highest BCUT2D eigenvalue weighted by molar-refractivity contribution is 6.35. The molecule has 0 fully saturated rings. The van der Waals surface area contributed by atoms with Gasteiger partial charge in [-0.3, -0.25) is 20.4 Å². The summed E-state index contributed by atoms with van der Waals surface area (Å²) < 4.78 is 17.9. The molecule has 0 atom stereocenters. The van der Waals surface area contributed by atoms with Crippen molar-refractivity contribution < 1.29 is 18.7 Å². The molecule has 0 radical (unpaired) electrons. The molecule has 0 saturated carbocycles. The number of carbonyl (C=O) groups excluding carboxylic acids is 2. The molecule has 2 aromatic rings. The third-order valence-corrected chi connectivity index (χ3v) is 3.48. The summed E-state index contributed by atoms with van der Waals surface area (Å²) >= 11 is 11.7. The molecule has 126 valence electrons. The average molecular weight is 371 g/mol. The van der Waals surface area contributed by atoms with Crippen LogP contribution >= 0.6 is 23.2 Å². The highest BCUT2D eigenvalue weighted by Gasteiger charge is 2.09. The smallest absolute Gasteiger partial charge is 0.276 e. The van der Waals surface area contributed by atoms with Crippen LogP contribution in [0.25, 0.3) is 0 Å². The second kappa shape index (κ2) is 8.52. The Kier molecular flexibility index (Phi) is 6.40. The van der Waals surface area contributed by atoms with Crippen molar-refractivity contribution in [1.29, 1.82) is 0 Å². The normalized spacial score (nSPS) is 10.1. The molecule has 0 bridgehead atoms. The van der Waals surface area contributed by atoms with Gasteiger partial charge >= 0.3 is 0 Å². The number of hydrogen-bond acceptors (Lipinski definition) is 3. The minimum absolute atomic E-state index is 0.0187. The van der Waals surface area contributed by atoms with Gasteiger partial charge in [-0.1, -0.05) is 29.3 Å². The standard InChI is InChI=1S/C16H13Cl2FN2O3/c17-11-2-1-10(14(18)8-11)7-15(22)20-21-16(23)9-24-13-5-3-12(19)4-6-13/h1-6,8H,7,9H2,(H,20,22)(H,21,23). The van der Waals surface area contributed by atoms with Gasteiger partial charge < -0.3 is 4.74 Å². The Labute approximate surface area is 147 Å². The molecule has 2 amide bonds. The number of nitrogens with one attached hydrogen (secondary N) is 2. The van der Waals surface area contributed by atoms with E-state index in [0.29, 0.717) is 21.4 Å². The molecule has 2 rings (SSSR count). The van der Waals surface area contributed by atoms with Gasteiger partial charge in [0.15, 0.2) is 6.61 Å². The van der Waals surface area contributed by atoms with Crippen molar-refractivity contribution in [3.63, 3.8) is 0 Å². The first-order valence-corrected chi connectivity index (χ1v) is 7.59. The van der Waals surface area contributed by atoms with E-state index < -0.39 is 17.6 Å². The summed E-state index contributed by atoms with van der Waals surface area (Å²) in [6, 6.07) is 9.99. The van der Waals surface area contributed by atoms with E-state index in [1.54, 1.807) is 12.1 Å². The second-order valence-corrected chi connectivity index (χ2v) is 5.60. The highest BCUT2D eigenvalue weighted by Crippen LogP contribution is 2.21. The molecule has 0 aliphatic carbocycles. The number of hydrogen-bond donors (Lipinski definition) is 2. The first-order chi connectivity index (χ1) is 11.4. The highest BCUT2D eigenvalue weighted by atomic mass is 35.5. The van der Waals surface area contributed by atoms with E-state index >= 15 is 0 Å². The number of ether oxygens (including phenoxy) is 1. The summed E-state index contributed by atoms with van der Waals surface area (Å²) in [5.74, 6) is -1.07. The Morgan fingerprint density at radius 1 is 1.00 bits per heavy atom. The second-order valence-electron chi connectivity index (χ2n) is 4.75. The summed E-state index contributed by atoms with van der Waals surface area (Å²) in [4.78, 5) is 23.3. The largest absolute Gasteiger partial charge is 0.484 e. The lowest BCUT2D eigenvalue weighted by atomic mass is 10.1. The number of carbonyl (C=O) groups is 2. The minimum atomic E-state index is -0.560. The lowest BCUT2D eigenvalue weighted by Gasteiger charge is -2.09. The van der Waals surface area contributed by atoms with Crippen molar-refractivity contribution in [3.8, 4) is 5.75 Å². The number of benzene rings is 2. The monoisotopic (exact) mass is 370 g/mol. The van der Waals surface area contributed by atoms with Crippen molar-refractivity contribution in [2.24, 2.45) is 0 Å². The molecule has 0 aliphatic heterocycles. The molecular formula is C16H13Cl2FN2O3. The van der Waals surface area contributed by atoms with Crippen LogP contribution in [0.2, 0.25) is 10.0 Å². The molecule has 2 N–H and O–H groups in total. The van der Waals surface area contributed by atoms with E-state index in [1.165, 1.54) is 30.3 Å². The van der Waals surface area contributed by atoms with Crippen molar-refractivity contribution in [2.75, 3.05) is 6.61 Å². The van der Waals surface area contributed by atoms with Crippen LogP contribution in [0.4, 0.5) is 4.39 Å². The number of halogens is 3. The number of amides is 2. The zero-order valence-electron chi connectivity index (χ0n) is 12.3. The van der Waals surface area contributed by atoms with E-state index in [9.17, 15) is 14.0 Å². The fourth-order valence-electron chi connectivity index (χ4n) is 1.74. The van der Waals surface area contributed by atoms with Crippen molar-refractivity contribution in [3.05, 3.63) is 63.9 Å². The predicted octanol–water partition coefficient (Wildman–Crippen LogP) is 2.90. The fourth-order valence-corrected chi connectivity index (χ4v) is 2.21. The van der Waals surface area contributed by atoms with E-state index in [0.717, 1.165) is 0 Å². The van der Waals surface area contributed by atoms with Gasteiger partial charge in [0, 0.05) is 10.0 Å². The van der Waals surface area contributed by atoms with Crippen LogP contribution in [0.15, 0.2) is 42.5 Å². The molecule has 0 saturated heterocycles. The number of rotatable bonds is 5. The molecule has 24 heavy (non-hydrogen) atoms. The Morgan fingerprint density at radius 3 is 2.33 bits per heavy atom. The van der Waals surface area contributed by atoms with Crippen LogP contribution in [0.1, 0.15) is 5.56 Å². The molecule has 8 heteroatoms. The molecular weight excluding hydrogens is 358 g/mol. The van der Waals surface area contributed by atoms with Gasteiger partial charge in [0.25, 0.3) is 5.91 Å². The molecule has 5 nitrogen and oxygen atoms in total. The Hall–Kier alpha value is -2.31. The summed E-state index contributed by atoms with van der Waals surface area (Å²) in [5.41, 5.74) is 5.04. The molecule has 0 aliphatic rings. The molecule has 0 spiro atoms. The predicted molar refractivity (Wildman–Crippen MR) is 88.3 cm³/mol. The number of hydrazine groups is 1. The van der Waals surface area contributed by atoms with Crippen molar-refractivity contribution >= 4 is 35.0 Å². The van der Waals surface area contributed by atoms with Crippen LogP contribution < -0.4 is 15.6 Å². The fraction of sp³-hybridized carbons (Fsp3) is 0.125. The summed E-state index contributed by atoms with van der Waals surface area (Å²) in [7, 11) is 0. The van der Waals surface area contributed by atoms with Gasteiger partial charge in [-0.2, -0.15) is 0 Å². The van der Waals surface area contributed by atoms with Crippen LogP contribution in [-0.2, 0) is 16.0 Å². The zero-order valence-corrected chi connectivity index (χ0v) is 13.8. The van der Waals surface area contributed by atoms with E-state index in [4.69, 9.17) is 27.9 Å². The lowest BCUT2D eigenvalue weighted by molar-refractivity contribution is -0.129. The van der Waals surface area contributed by atoms with Crippen LogP contribution in [0, 0.1) is 5.82 Å². The molecule has 0 aromatic heterocycles. The van der Waals surface area contributed by atoms with E-state index in [2.05, 4.69) is 10.9 Å². The van der Waals surface area contributed by atoms with Gasteiger partial charge in [0.2, 0.25) is 5.91 Å². The van der Waals surface area contributed by atoms with E-state index in [-0.39, 0.29) is 13.0 Å². The molecule has 0 unspecified atom stereocenters. The summed E-state index contributed by atoms with van der Waals surface area (Å²) in [6.45, 7) is -0.326.